The third-order valence-corrected chi connectivity index (χ3v) is 7.05. The van der Waals surface area contributed by atoms with Crippen LogP contribution in [0.25, 0.3) is 22.2 Å². The number of pyridine rings is 2. The number of benzene rings is 2. The molecule has 2 atom stereocenters. The third-order valence-electron chi connectivity index (χ3n) is 7.05. The molecule has 0 aliphatic heterocycles. The van der Waals surface area contributed by atoms with E-state index in [1.54, 1.807) is 24.5 Å². The number of fused-ring (bicyclic) bond motifs is 1. The highest BCUT2D eigenvalue weighted by molar-refractivity contribution is 6.06. The maximum absolute atomic E-state index is 12.8. The molecule has 3 N–H and O–H groups in total. The second-order valence-electron chi connectivity index (χ2n) is 9.37. The molecule has 2 aromatic heterocycles. The molecule has 2 aromatic carbocycles. The quantitative estimate of drug-likeness (QED) is 0.170. The van der Waals surface area contributed by atoms with Gasteiger partial charge in [-0.3, -0.25) is 20.0 Å². The molecule has 0 saturated carbocycles. The summed E-state index contributed by atoms with van der Waals surface area (Å²) in [5.74, 6) is 11.7. The summed E-state index contributed by atoms with van der Waals surface area (Å²) in [6.07, 6.45) is 4.26. The van der Waals surface area contributed by atoms with Gasteiger partial charge in [0.1, 0.15) is 0 Å². The zero-order valence-electron chi connectivity index (χ0n) is 22.0. The van der Waals surface area contributed by atoms with Crippen LogP contribution in [-0.2, 0) is 0 Å². The van der Waals surface area contributed by atoms with E-state index in [0.717, 1.165) is 23.1 Å². The van der Waals surface area contributed by atoms with Crippen LogP contribution in [0.15, 0.2) is 73.1 Å². The number of nitrogen functional groups attached to an aromatic ring is 1. The molecule has 0 aliphatic carbocycles. The lowest BCUT2D eigenvalue weighted by Crippen LogP contribution is -2.38. The highest BCUT2D eigenvalue weighted by Gasteiger charge is 2.21. The number of nitrogens with two attached hydrogens (primary N) is 1. The summed E-state index contributed by atoms with van der Waals surface area (Å²) in [6.45, 7) is 6.38. The van der Waals surface area contributed by atoms with Crippen molar-refractivity contribution in [1.29, 1.82) is 0 Å². The molecule has 4 rings (SSSR count). The van der Waals surface area contributed by atoms with Crippen LogP contribution in [0.1, 0.15) is 59.0 Å². The van der Waals surface area contributed by atoms with E-state index in [0.29, 0.717) is 33.6 Å². The zero-order chi connectivity index (χ0) is 27.2. The summed E-state index contributed by atoms with van der Waals surface area (Å²) >= 11 is 0. The van der Waals surface area contributed by atoms with Crippen LogP contribution in [0.4, 0.5) is 0 Å². The highest BCUT2D eigenvalue weighted by atomic mass is 16.2. The van der Waals surface area contributed by atoms with Gasteiger partial charge in [0, 0.05) is 53.1 Å². The minimum absolute atomic E-state index is 0.0126. The lowest BCUT2D eigenvalue weighted by molar-refractivity contribution is 0.0697. The Balaban J connectivity index is 1.51. The Labute approximate surface area is 223 Å². The van der Waals surface area contributed by atoms with E-state index in [1.807, 2.05) is 60.5 Å². The van der Waals surface area contributed by atoms with Gasteiger partial charge in [0.15, 0.2) is 0 Å². The fourth-order valence-electron chi connectivity index (χ4n) is 4.16. The van der Waals surface area contributed by atoms with Crippen LogP contribution in [0, 0.1) is 17.8 Å². The molecule has 2 amide bonds. The highest BCUT2D eigenvalue weighted by Crippen LogP contribution is 2.25. The Morgan fingerprint density at radius 3 is 2.24 bits per heavy atom. The predicted octanol–water partition coefficient (Wildman–Crippen LogP) is 4.81. The number of hydrogen-bond acceptors (Lipinski definition) is 5. The van der Waals surface area contributed by atoms with E-state index in [9.17, 15) is 9.59 Å². The lowest BCUT2D eigenvalue weighted by atomic mass is 9.99. The normalized spacial score (nSPS) is 12.2. The molecule has 192 valence electrons. The zero-order valence-corrected chi connectivity index (χ0v) is 22.0. The first-order chi connectivity index (χ1) is 18.3. The van der Waals surface area contributed by atoms with E-state index in [1.165, 1.54) is 0 Å². The molecule has 0 aliphatic rings. The number of carbonyl (C=O) groups is 2. The van der Waals surface area contributed by atoms with Gasteiger partial charge in [0.25, 0.3) is 11.8 Å². The van der Waals surface area contributed by atoms with Crippen LogP contribution in [0.2, 0.25) is 0 Å². The average molecular weight is 506 g/mol. The molecule has 38 heavy (non-hydrogen) atoms. The topological polar surface area (TPSA) is 101 Å². The molecular formula is C31H31N5O2. The number of rotatable bonds is 6. The molecular weight excluding hydrogens is 474 g/mol. The first-order valence-electron chi connectivity index (χ1n) is 12.6. The second-order valence-corrected chi connectivity index (χ2v) is 9.37. The molecule has 0 fully saturated rings. The molecule has 7 nitrogen and oxygen atoms in total. The fraction of sp³-hybridized carbons (Fsp3) is 0.226. The third kappa shape index (κ3) is 5.72. The molecule has 2 heterocycles. The van der Waals surface area contributed by atoms with E-state index in [2.05, 4.69) is 48.0 Å². The minimum atomic E-state index is -0.404. The van der Waals surface area contributed by atoms with Crippen molar-refractivity contribution in [3.05, 3.63) is 95.3 Å². The average Bonchev–Trinajstić information content (AvgIpc) is 2.98. The lowest BCUT2D eigenvalue weighted by Gasteiger charge is -2.29. The minimum Gasteiger partial charge on any atom is -0.339 e. The Hall–Kier alpha value is -4.54. The fourth-order valence-corrected chi connectivity index (χ4v) is 4.16. The van der Waals surface area contributed by atoms with Crippen molar-refractivity contribution in [2.45, 2.75) is 33.2 Å². The van der Waals surface area contributed by atoms with Crippen molar-refractivity contribution >= 4 is 22.7 Å². The van der Waals surface area contributed by atoms with E-state index in [4.69, 9.17) is 5.84 Å². The molecule has 4 aromatic rings. The number of carbonyl (C=O) groups excluding carboxylic acids is 2. The van der Waals surface area contributed by atoms with Gasteiger partial charge in [-0.2, -0.15) is 0 Å². The van der Waals surface area contributed by atoms with Crippen molar-refractivity contribution in [3.63, 3.8) is 0 Å². The van der Waals surface area contributed by atoms with Crippen molar-refractivity contribution in [2.24, 2.45) is 11.8 Å². The van der Waals surface area contributed by atoms with Gasteiger partial charge in [-0.25, -0.2) is 10.8 Å². The molecule has 0 bridgehead atoms. The van der Waals surface area contributed by atoms with Crippen molar-refractivity contribution in [3.8, 4) is 23.1 Å². The summed E-state index contributed by atoms with van der Waals surface area (Å²) in [6, 6.07) is 18.7. The standard InChI is InChI=1S/C31H31N5O2/c1-5-20(2)21(3)36(4)31(38)25-14-10-23(11-15-25)7-6-22-8-12-24(13-9-22)29-18-26(30(37)35-32)27-19-33-17-16-28(27)34-29/h8-21H,5,32H2,1-4H3,(H,35,37). The second kappa shape index (κ2) is 11.7. The number of hydrazine groups is 1. The SMILES string of the molecule is CCC(C)C(C)N(C)C(=O)c1ccc(C#Cc2ccc(-c3cc(C(=O)NN)c4cnccc4n3)cc2)cc1. The first-order valence-corrected chi connectivity index (χ1v) is 12.6. The van der Waals surface area contributed by atoms with Crippen molar-refractivity contribution in [1.82, 2.24) is 20.3 Å². The Morgan fingerprint density at radius 1 is 1.00 bits per heavy atom. The maximum atomic E-state index is 12.8. The van der Waals surface area contributed by atoms with Gasteiger partial charge in [-0.05, 0) is 61.4 Å². The summed E-state index contributed by atoms with van der Waals surface area (Å²) in [7, 11) is 1.86. The summed E-state index contributed by atoms with van der Waals surface area (Å²) in [5.41, 5.74) is 7.06. The number of aromatic nitrogens is 2. The van der Waals surface area contributed by atoms with Gasteiger partial charge in [-0.15, -0.1) is 0 Å². The number of amides is 2. The molecule has 0 saturated heterocycles. The first kappa shape index (κ1) is 26.5. The predicted molar refractivity (Wildman–Crippen MR) is 150 cm³/mol. The monoisotopic (exact) mass is 505 g/mol. The van der Waals surface area contributed by atoms with Crippen molar-refractivity contribution in [2.75, 3.05) is 7.05 Å². The van der Waals surface area contributed by atoms with Gasteiger partial charge in [-0.1, -0.05) is 44.2 Å². The van der Waals surface area contributed by atoms with Gasteiger partial charge < -0.3 is 4.90 Å². The van der Waals surface area contributed by atoms with Crippen LogP contribution in [0.5, 0.6) is 0 Å². The Morgan fingerprint density at radius 2 is 1.63 bits per heavy atom. The number of nitrogens with one attached hydrogen (secondary N) is 1. The number of nitrogens with zero attached hydrogens (tertiary/aromatic N) is 3. The maximum Gasteiger partial charge on any atom is 0.265 e. The van der Waals surface area contributed by atoms with Gasteiger partial charge >= 0.3 is 0 Å². The van der Waals surface area contributed by atoms with Crippen LogP contribution >= 0.6 is 0 Å². The summed E-state index contributed by atoms with van der Waals surface area (Å²) in [4.78, 5) is 35.7. The smallest absolute Gasteiger partial charge is 0.265 e. The van der Waals surface area contributed by atoms with Crippen molar-refractivity contribution < 1.29 is 9.59 Å². The summed E-state index contributed by atoms with van der Waals surface area (Å²) < 4.78 is 0. The Kier molecular flexibility index (Phi) is 8.15. The molecule has 2 unspecified atom stereocenters. The van der Waals surface area contributed by atoms with Crippen LogP contribution in [0.3, 0.4) is 0 Å². The number of hydrogen-bond donors (Lipinski definition) is 2. The van der Waals surface area contributed by atoms with Gasteiger partial charge in [0.05, 0.1) is 16.8 Å². The van der Waals surface area contributed by atoms with Crippen LogP contribution < -0.4 is 11.3 Å². The van der Waals surface area contributed by atoms with Crippen LogP contribution in [-0.4, -0.2) is 39.8 Å². The van der Waals surface area contributed by atoms with E-state index in [-0.39, 0.29) is 11.9 Å². The Bertz CT molecular complexity index is 1520. The molecule has 0 radical (unpaired) electrons. The van der Waals surface area contributed by atoms with E-state index >= 15 is 0 Å². The molecule has 0 spiro atoms. The summed E-state index contributed by atoms with van der Waals surface area (Å²) in [5, 5.41) is 0.631. The van der Waals surface area contributed by atoms with Gasteiger partial charge in [0.2, 0.25) is 0 Å². The molecule has 7 heteroatoms. The van der Waals surface area contributed by atoms with E-state index < -0.39 is 5.91 Å². The largest absolute Gasteiger partial charge is 0.339 e.